The predicted molar refractivity (Wildman–Crippen MR) is 38.6 cm³/mol. The molecule has 0 saturated carbocycles. The van der Waals surface area contributed by atoms with E-state index in [9.17, 15) is 4.79 Å². The van der Waals surface area contributed by atoms with Crippen molar-refractivity contribution in [2.24, 2.45) is 0 Å². The lowest BCUT2D eigenvalue weighted by Crippen LogP contribution is -1.93. The van der Waals surface area contributed by atoms with E-state index in [0.29, 0.717) is 5.25 Å². The van der Waals surface area contributed by atoms with Gasteiger partial charge in [0.2, 0.25) is 0 Å². The molecule has 0 bridgehead atoms. The van der Waals surface area contributed by atoms with Gasteiger partial charge in [-0.3, -0.25) is 4.79 Å². The Morgan fingerprint density at radius 2 is 2.38 bits per heavy atom. The summed E-state index contributed by atoms with van der Waals surface area (Å²) < 4.78 is -0.306. The molecule has 0 saturated heterocycles. The first-order chi connectivity index (χ1) is 3.66. The van der Waals surface area contributed by atoms with Crippen LogP contribution in [0.3, 0.4) is 0 Å². The van der Waals surface area contributed by atoms with Crippen LogP contribution in [0.1, 0.15) is 20.3 Å². The monoisotopic (exact) mass is 152 g/mol. The van der Waals surface area contributed by atoms with E-state index in [-0.39, 0.29) is 4.57 Å². The van der Waals surface area contributed by atoms with E-state index in [0.717, 1.165) is 6.42 Å². The van der Waals surface area contributed by atoms with Gasteiger partial charge in [0.05, 0.1) is 0 Å². The van der Waals surface area contributed by atoms with Crippen molar-refractivity contribution in [1.29, 1.82) is 0 Å². The number of carbonyl (C=O) groups excluding carboxylic acids is 1. The highest BCUT2D eigenvalue weighted by Crippen LogP contribution is 2.16. The Hall–Kier alpha value is 0.310. The molecule has 0 aliphatic rings. The first-order valence-corrected chi connectivity index (χ1v) is 3.78. The van der Waals surface area contributed by atoms with Gasteiger partial charge in [-0.05, 0) is 18.0 Å². The van der Waals surface area contributed by atoms with Crippen molar-refractivity contribution in [3.63, 3.8) is 0 Å². The summed E-state index contributed by atoms with van der Waals surface area (Å²) in [7, 11) is 0. The second-order valence-corrected chi connectivity index (χ2v) is 3.55. The smallest absolute Gasteiger partial charge is 0.268 e. The summed E-state index contributed by atoms with van der Waals surface area (Å²) in [4.78, 5) is 10.1. The molecule has 0 unspecified atom stereocenters. The Morgan fingerprint density at radius 1 is 1.88 bits per heavy atom. The third-order valence-corrected chi connectivity index (χ3v) is 2.06. The maximum Gasteiger partial charge on any atom is 0.279 e. The first-order valence-electron chi connectivity index (χ1n) is 2.53. The summed E-state index contributed by atoms with van der Waals surface area (Å²) in [5.41, 5.74) is 0. The van der Waals surface area contributed by atoms with Crippen LogP contribution in [0.15, 0.2) is 0 Å². The molecule has 1 nitrogen and oxygen atoms in total. The molecule has 0 aliphatic heterocycles. The maximum atomic E-state index is 10.1. The zero-order chi connectivity index (χ0) is 6.57. The summed E-state index contributed by atoms with van der Waals surface area (Å²) in [6.45, 7) is 4.00. The molecule has 0 aromatic heterocycles. The SMILES string of the molecule is CC[C@@H](C)SC(=O)Cl. The highest BCUT2D eigenvalue weighted by atomic mass is 35.5. The number of thioether (sulfide) groups is 1. The Kier molecular flexibility index (Phi) is 4.38. The molecule has 0 rings (SSSR count). The van der Waals surface area contributed by atoms with E-state index in [1.54, 1.807) is 0 Å². The summed E-state index contributed by atoms with van der Waals surface area (Å²) in [6.07, 6.45) is 0.989. The van der Waals surface area contributed by atoms with Crippen LogP contribution in [0.2, 0.25) is 0 Å². The molecule has 0 amide bonds. The van der Waals surface area contributed by atoms with E-state index < -0.39 is 0 Å². The predicted octanol–water partition coefficient (Wildman–Crippen LogP) is 2.88. The van der Waals surface area contributed by atoms with Gasteiger partial charge in [0.25, 0.3) is 4.57 Å². The number of hydrogen-bond acceptors (Lipinski definition) is 2. The van der Waals surface area contributed by atoms with Gasteiger partial charge in [-0.2, -0.15) is 0 Å². The van der Waals surface area contributed by atoms with E-state index >= 15 is 0 Å². The molecule has 0 aromatic carbocycles. The van der Waals surface area contributed by atoms with Crippen molar-refractivity contribution in [2.75, 3.05) is 0 Å². The molecule has 0 N–H and O–H groups in total. The van der Waals surface area contributed by atoms with Crippen LogP contribution in [-0.2, 0) is 0 Å². The summed E-state index contributed by atoms with van der Waals surface area (Å²) in [5.74, 6) is 0. The summed E-state index contributed by atoms with van der Waals surface area (Å²) in [5, 5.41) is 0.361. The summed E-state index contributed by atoms with van der Waals surface area (Å²) >= 11 is 6.26. The topological polar surface area (TPSA) is 17.1 Å². The number of hydrogen-bond donors (Lipinski definition) is 0. The van der Waals surface area contributed by atoms with Gasteiger partial charge < -0.3 is 0 Å². The van der Waals surface area contributed by atoms with Crippen LogP contribution in [0, 0.1) is 0 Å². The Labute approximate surface area is 58.8 Å². The van der Waals surface area contributed by atoms with Gasteiger partial charge >= 0.3 is 0 Å². The third kappa shape index (κ3) is 4.47. The molecule has 0 fully saturated rings. The first kappa shape index (κ1) is 8.31. The highest BCUT2D eigenvalue weighted by Gasteiger charge is 2.02. The maximum absolute atomic E-state index is 10.1. The van der Waals surface area contributed by atoms with Crippen molar-refractivity contribution < 1.29 is 4.79 Å². The lowest BCUT2D eigenvalue weighted by atomic mass is 10.4. The molecule has 1 atom stereocenters. The minimum Gasteiger partial charge on any atom is -0.268 e. The van der Waals surface area contributed by atoms with Gasteiger partial charge in [-0.25, -0.2) is 0 Å². The van der Waals surface area contributed by atoms with Crippen LogP contribution in [0.25, 0.3) is 0 Å². The molecule has 0 spiro atoms. The van der Waals surface area contributed by atoms with Crippen molar-refractivity contribution in [2.45, 2.75) is 25.5 Å². The lowest BCUT2D eigenvalue weighted by Gasteiger charge is -2.00. The molecule has 8 heavy (non-hydrogen) atoms. The average Bonchev–Trinajstić information content (AvgIpc) is 1.65. The zero-order valence-corrected chi connectivity index (χ0v) is 6.55. The van der Waals surface area contributed by atoms with Crippen molar-refractivity contribution in [1.82, 2.24) is 0 Å². The Morgan fingerprint density at radius 3 is 2.50 bits per heavy atom. The Bertz CT molecular complexity index is 84.5. The lowest BCUT2D eigenvalue weighted by molar-refractivity contribution is 0.275. The summed E-state index contributed by atoms with van der Waals surface area (Å²) in [6, 6.07) is 0. The average molecular weight is 153 g/mol. The molecule has 48 valence electrons. The zero-order valence-electron chi connectivity index (χ0n) is 4.98. The fraction of sp³-hybridized carbons (Fsp3) is 0.800. The van der Waals surface area contributed by atoms with Crippen LogP contribution >= 0.6 is 23.4 Å². The van der Waals surface area contributed by atoms with Gasteiger partial charge in [-0.15, -0.1) is 0 Å². The highest BCUT2D eigenvalue weighted by molar-refractivity contribution is 8.16. The van der Waals surface area contributed by atoms with Gasteiger partial charge in [0, 0.05) is 5.25 Å². The molecule has 0 heterocycles. The van der Waals surface area contributed by atoms with Gasteiger partial charge in [0.1, 0.15) is 0 Å². The third-order valence-electron chi connectivity index (χ3n) is 0.869. The minimum absolute atomic E-state index is 0.306. The van der Waals surface area contributed by atoms with E-state index in [2.05, 4.69) is 0 Å². The van der Waals surface area contributed by atoms with E-state index in [4.69, 9.17) is 11.6 Å². The quantitative estimate of drug-likeness (QED) is 0.566. The fourth-order valence-electron chi connectivity index (χ4n) is 0.242. The molecule has 0 aromatic rings. The molecule has 3 heteroatoms. The van der Waals surface area contributed by atoms with Crippen molar-refractivity contribution >= 4 is 27.9 Å². The largest absolute Gasteiger partial charge is 0.279 e. The van der Waals surface area contributed by atoms with E-state index in [1.165, 1.54) is 11.8 Å². The normalized spacial score (nSPS) is 13.4. The fourth-order valence-corrected chi connectivity index (χ4v) is 1.18. The molecule has 0 aliphatic carbocycles. The van der Waals surface area contributed by atoms with Crippen molar-refractivity contribution in [3.05, 3.63) is 0 Å². The van der Waals surface area contributed by atoms with Crippen LogP contribution in [0.5, 0.6) is 0 Å². The van der Waals surface area contributed by atoms with E-state index in [1.807, 2.05) is 13.8 Å². The second-order valence-electron chi connectivity index (χ2n) is 1.57. The van der Waals surface area contributed by atoms with Crippen molar-refractivity contribution in [3.8, 4) is 0 Å². The Balaban J connectivity index is 3.24. The van der Waals surface area contributed by atoms with Crippen LogP contribution in [-0.4, -0.2) is 9.82 Å². The molecule has 0 radical (unpaired) electrons. The van der Waals surface area contributed by atoms with Gasteiger partial charge in [0.15, 0.2) is 0 Å². The van der Waals surface area contributed by atoms with Crippen LogP contribution in [0.4, 0.5) is 4.79 Å². The standard InChI is InChI=1S/C5H9ClOS/c1-3-4(2)8-5(6)7/h4H,3H2,1-2H3/t4-/m1/s1. The minimum atomic E-state index is -0.306. The number of carbonyl (C=O) groups is 1. The number of rotatable bonds is 2. The molecular weight excluding hydrogens is 144 g/mol. The second kappa shape index (κ2) is 4.21. The molecular formula is C5H9ClOS. The van der Waals surface area contributed by atoms with Gasteiger partial charge in [-0.1, -0.05) is 25.6 Å². The van der Waals surface area contributed by atoms with Crippen LogP contribution < -0.4 is 0 Å². The number of halogens is 1.